The average Bonchev–Trinajstić information content (AvgIpc) is 2.32. The van der Waals surface area contributed by atoms with Crippen LogP contribution in [0, 0.1) is 25.5 Å². The topological polar surface area (TPSA) is 38.0 Å². The summed E-state index contributed by atoms with van der Waals surface area (Å²) in [6, 6.07) is 6.13. The Bertz CT molecular complexity index is 619. The van der Waals surface area contributed by atoms with Crippen molar-refractivity contribution in [2.45, 2.75) is 13.8 Å². The largest absolute Gasteiger partial charge is 0.397 e. The van der Waals surface area contributed by atoms with Crippen molar-refractivity contribution < 1.29 is 8.78 Å². The van der Waals surface area contributed by atoms with Gasteiger partial charge in [0.1, 0.15) is 5.69 Å². The molecule has 19 heavy (non-hydrogen) atoms. The first-order valence-corrected chi connectivity index (χ1v) is 6.46. The number of nitrogens with one attached hydrogen (secondary N) is 1. The van der Waals surface area contributed by atoms with Crippen LogP contribution < -0.4 is 11.1 Å². The lowest BCUT2D eigenvalue weighted by atomic mass is 10.1. The van der Waals surface area contributed by atoms with Crippen LogP contribution in [0.3, 0.4) is 0 Å². The molecule has 2 rings (SSSR count). The van der Waals surface area contributed by atoms with E-state index in [9.17, 15) is 8.78 Å². The summed E-state index contributed by atoms with van der Waals surface area (Å²) < 4.78 is 27.9. The van der Waals surface area contributed by atoms with E-state index in [1.54, 1.807) is 0 Å². The molecule has 0 unspecified atom stereocenters. The van der Waals surface area contributed by atoms with Crippen LogP contribution in [0.4, 0.5) is 25.8 Å². The highest BCUT2D eigenvalue weighted by Gasteiger charge is 2.14. The minimum absolute atomic E-state index is 0.0338. The van der Waals surface area contributed by atoms with Gasteiger partial charge in [-0.2, -0.15) is 0 Å². The van der Waals surface area contributed by atoms with Crippen molar-refractivity contribution in [2.24, 2.45) is 0 Å². The van der Waals surface area contributed by atoms with Gasteiger partial charge in [0.25, 0.3) is 0 Å². The normalized spacial score (nSPS) is 10.6. The van der Waals surface area contributed by atoms with Gasteiger partial charge in [0.15, 0.2) is 11.6 Å². The lowest BCUT2D eigenvalue weighted by molar-refractivity contribution is 0.512. The molecular formula is C14H13BrF2N2. The second-order valence-corrected chi connectivity index (χ2v) is 5.28. The maximum absolute atomic E-state index is 13.8. The lowest BCUT2D eigenvalue weighted by Crippen LogP contribution is -2.04. The second-order valence-electron chi connectivity index (χ2n) is 4.37. The zero-order valence-electron chi connectivity index (χ0n) is 10.5. The Morgan fingerprint density at radius 3 is 2.21 bits per heavy atom. The van der Waals surface area contributed by atoms with E-state index in [0.717, 1.165) is 27.4 Å². The molecule has 2 aromatic rings. The highest BCUT2D eigenvalue weighted by atomic mass is 79.9. The predicted molar refractivity (Wildman–Crippen MR) is 77.7 cm³/mol. The van der Waals surface area contributed by atoms with Crippen LogP contribution in [0.5, 0.6) is 0 Å². The molecular weight excluding hydrogens is 314 g/mol. The highest BCUT2D eigenvalue weighted by molar-refractivity contribution is 9.10. The van der Waals surface area contributed by atoms with Crippen molar-refractivity contribution in [3.8, 4) is 0 Å². The van der Waals surface area contributed by atoms with E-state index < -0.39 is 11.6 Å². The fourth-order valence-electron chi connectivity index (χ4n) is 1.93. The number of halogens is 3. The first kappa shape index (κ1) is 13.8. The second kappa shape index (κ2) is 5.17. The monoisotopic (exact) mass is 326 g/mol. The van der Waals surface area contributed by atoms with Crippen LogP contribution in [-0.2, 0) is 0 Å². The molecule has 5 heteroatoms. The van der Waals surface area contributed by atoms with E-state index in [-0.39, 0.29) is 11.4 Å². The zero-order chi connectivity index (χ0) is 14.2. The van der Waals surface area contributed by atoms with Gasteiger partial charge in [0.05, 0.1) is 5.69 Å². The van der Waals surface area contributed by atoms with Crippen LogP contribution >= 0.6 is 15.9 Å². The number of nitrogen functional groups attached to an aromatic ring is 1. The molecule has 0 aliphatic carbocycles. The fraction of sp³-hybridized carbons (Fsp3) is 0.143. The molecule has 0 aliphatic heterocycles. The molecule has 100 valence electrons. The number of hydrogen-bond donors (Lipinski definition) is 2. The van der Waals surface area contributed by atoms with Gasteiger partial charge in [-0.25, -0.2) is 8.78 Å². The van der Waals surface area contributed by atoms with E-state index in [2.05, 4.69) is 21.2 Å². The van der Waals surface area contributed by atoms with Crippen molar-refractivity contribution >= 4 is 33.0 Å². The number of anilines is 3. The fourth-order valence-corrected chi connectivity index (χ4v) is 2.61. The molecule has 0 spiro atoms. The maximum atomic E-state index is 13.8. The molecule has 0 atom stereocenters. The van der Waals surface area contributed by atoms with Crippen LogP contribution in [0.2, 0.25) is 0 Å². The molecule has 0 saturated carbocycles. The number of nitrogens with two attached hydrogens (primary N) is 1. The number of aryl methyl sites for hydroxylation is 2. The number of hydrogen-bond acceptors (Lipinski definition) is 2. The minimum Gasteiger partial charge on any atom is -0.397 e. The molecule has 2 nitrogen and oxygen atoms in total. The highest BCUT2D eigenvalue weighted by Crippen LogP contribution is 2.32. The van der Waals surface area contributed by atoms with E-state index in [4.69, 9.17) is 5.73 Å². The van der Waals surface area contributed by atoms with Crippen LogP contribution in [0.25, 0.3) is 0 Å². The van der Waals surface area contributed by atoms with Crippen LogP contribution in [0.1, 0.15) is 11.1 Å². The van der Waals surface area contributed by atoms with Crippen molar-refractivity contribution in [3.63, 3.8) is 0 Å². The third-order valence-corrected chi connectivity index (χ3v) is 3.33. The summed E-state index contributed by atoms with van der Waals surface area (Å²) in [5.74, 6) is -1.90. The zero-order valence-corrected chi connectivity index (χ0v) is 12.1. The Hall–Kier alpha value is -1.62. The van der Waals surface area contributed by atoms with Crippen LogP contribution in [0.15, 0.2) is 28.7 Å². The summed E-state index contributed by atoms with van der Waals surface area (Å²) in [4.78, 5) is 0. The van der Waals surface area contributed by atoms with Gasteiger partial charge in [-0.1, -0.05) is 15.9 Å². The first-order chi connectivity index (χ1) is 8.90. The van der Waals surface area contributed by atoms with Gasteiger partial charge < -0.3 is 11.1 Å². The summed E-state index contributed by atoms with van der Waals surface area (Å²) in [5.41, 5.74) is 8.37. The third-order valence-electron chi connectivity index (χ3n) is 2.87. The summed E-state index contributed by atoms with van der Waals surface area (Å²) in [5, 5.41) is 2.88. The first-order valence-electron chi connectivity index (χ1n) is 5.67. The van der Waals surface area contributed by atoms with Gasteiger partial charge in [0, 0.05) is 10.2 Å². The molecule has 0 radical (unpaired) electrons. The average molecular weight is 327 g/mol. The predicted octanol–water partition coefficient (Wildman–Crippen LogP) is 4.67. The summed E-state index contributed by atoms with van der Waals surface area (Å²) in [6.45, 7) is 3.76. The molecule has 2 aromatic carbocycles. The number of benzene rings is 2. The van der Waals surface area contributed by atoms with E-state index in [1.165, 1.54) is 6.07 Å². The Morgan fingerprint density at radius 2 is 1.63 bits per heavy atom. The quantitative estimate of drug-likeness (QED) is 0.787. The lowest BCUT2D eigenvalue weighted by Gasteiger charge is -2.15. The Labute approximate surface area is 118 Å². The maximum Gasteiger partial charge on any atom is 0.184 e. The van der Waals surface area contributed by atoms with Gasteiger partial charge in [-0.15, -0.1) is 0 Å². The minimum atomic E-state index is -0.971. The smallest absolute Gasteiger partial charge is 0.184 e. The number of rotatable bonds is 2. The van der Waals surface area contributed by atoms with Gasteiger partial charge >= 0.3 is 0 Å². The molecule has 0 heterocycles. The van der Waals surface area contributed by atoms with E-state index >= 15 is 0 Å². The van der Waals surface area contributed by atoms with E-state index in [1.807, 2.05) is 26.0 Å². The molecule has 0 fully saturated rings. The third kappa shape index (κ3) is 2.71. The van der Waals surface area contributed by atoms with Crippen LogP contribution in [-0.4, -0.2) is 0 Å². The van der Waals surface area contributed by atoms with Crippen molar-refractivity contribution in [1.29, 1.82) is 0 Å². The molecule has 0 aliphatic rings. The van der Waals surface area contributed by atoms with Gasteiger partial charge in [-0.05, 0) is 49.2 Å². The summed E-state index contributed by atoms with van der Waals surface area (Å²) in [6.07, 6.45) is 0. The summed E-state index contributed by atoms with van der Waals surface area (Å²) in [7, 11) is 0. The molecule has 0 bridgehead atoms. The Kier molecular flexibility index (Phi) is 3.75. The van der Waals surface area contributed by atoms with Crippen molar-refractivity contribution in [1.82, 2.24) is 0 Å². The Morgan fingerprint density at radius 1 is 1.05 bits per heavy atom. The van der Waals surface area contributed by atoms with E-state index in [0.29, 0.717) is 0 Å². The van der Waals surface area contributed by atoms with Gasteiger partial charge in [0.2, 0.25) is 0 Å². The van der Waals surface area contributed by atoms with Crippen molar-refractivity contribution in [3.05, 3.63) is 51.5 Å². The summed E-state index contributed by atoms with van der Waals surface area (Å²) >= 11 is 3.39. The van der Waals surface area contributed by atoms with Gasteiger partial charge in [-0.3, -0.25) is 0 Å². The molecule has 0 aromatic heterocycles. The molecule has 3 N–H and O–H groups in total. The van der Waals surface area contributed by atoms with Crippen molar-refractivity contribution in [2.75, 3.05) is 11.1 Å². The standard InChI is InChI=1S/C14H13BrF2N2/c1-7-5-9(15)6-8(2)13(7)19-14-11(18)4-3-10(16)12(14)17/h3-6,19H,18H2,1-2H3. The Balaban J connectivity index is 2.51. The SMILES string of the molecule is Cc1cc(Br)cc(C)c1Nc1c(N)ccc(F)c1F. The molecule has 0 saturated heterocycles. The molecule has 0 amide bonds.